The van der Waals surface area contributed by atoms with E-state index in [0.717, 1.165) is 11.8 Å². The molecule has 8 nitrogen and oxygen atoms in total. The molecule has 20 heteroatoms. The number of halogens is 9. The highest BCUT2D eigenvalue weighted by Gasteiger charge is 2.63. The molecule has 1 N–H and O–H groups in total. The lowest BCUT2D eigenvalue weighted by Gasteiger charge is -2.31. The molecule has 0 saturated heterocycles. The molecule has 0 spiro atoms. The van der Waals surface area contributed by atoms with Crippen LogP contribution >= 0.6 is 0 Å². The second kappa shape index (κ2) is 14.1. The fourth-order valence-corrected chi connectivity index (χ4v) is 9.37. The van der Waals surface area contributed by atoms with E-state index in [4.69, 9.17) is 0 Å². The quantitative estimate of drug-likeness (QED) is 0.132. The van der Waals surface area contributed by atoms with Crippen molar-refractivity contribution in [2.45, 2.75) is 88.8 Å². The van der Waals surface area contributed by atoms with Crippen molar-refractivity contribution in [3.8, 4) is 0 Å². The molecule has 1 heterocycles. The monoisotopic (exact) mass is 662 g/mol. The highest BCUT2D eigenvalue weighted by atomic mass is 32.3. The van der Waals surface area contributed by atoms with E-state index in [0.29, 0.717) is 6.04 Å². The summed E-state index contributed by atoms with van der Waals surface area (Å²) in [5.41, 5.74) is -21.2. The summed E-state index contributed by atoms with van der Waals surface area (Å²) in [6, 6.07) is 0.592. The van der Waals surface area contributed by atoms with Crippen LogP contribution in [0, 0.1) is 15.7 Å². The van der Waals surface area contributed by atoms with Gasteiger partial charge in [0.25, 0.3) is 0 Å². The SMILES string of the molecule is CCCCCC(CCC)C(C)C(C)[n+]1cc[nH]c1.O=S(=O)([C-](S(=O)(=O)C(F)(F)F)S(=O)(=O)C(F)(F)F)C(F)(F)F. The predicted octanol–water partition coefficient (Wildman–Crippen LogP) is 5.73. The largest absolute Gasteiger partial charge is 0.470 e. The van der Waals surface area contributed by atoms with Gasteiger partial charge in [-0.05, 0) is 18.8 Å². The Labute approximate surface area is 227 Å². The number of aromatic amines is 1. The predicted molar refractivity (Wildman–Crippen MR) is 126 cm³/mol. The molecular formula is C20H31F9N2O6S3. The maximum absolute atomic E-state index is 12.0. The van der Waals surface area contributed by atoms with E-state index in [1.807, 2.05) is 6.20 Å². The summed E-state index contributed by atoms with van der Waals surface area (Å²) >= 11 is 0. The van der Waals surface area contributed by atoms with Crippen LogP contribution in [0.25, 0.3) is 0 Å². The van der Waals surface area contributed by atoms with Crippen molar-refractivity contribution in [3.63, 3.8) is 0 Å². The zero-order valence-corrected chi connectivity index (χ0v) is 24.2. The Hall–Kier alpha value is -1.57. The second-order valence-electron chi connectivity index (χ2n) is 8.80. The van der Waals surface area contributed by atoms with Crippen LogP contribution in [0.3, 0.4) is 0 Å². The van der Waals surface area contributed by atoms with Crippen molar-refractivity contribution in [2.75, 3.05) is 0 Å². The lowest BCUT2D eigenvalue weighted by molar-refractivity contribution is -0.726. The molecule has 0 aromatic carbocycles. The Kier molecular flexibility index (Phi) is 13.5. The molecule has 0 bridgehead atoms. The van der Waals surface area contributed by atoms with Crippen molar-refractivity contribution >= 4 is 29.5 Å². The summed E-state index contributed by atoms with van der Waals surface area (Å²) < 4.78 is 170. The normalized spacial score (nSPS) is 16.2. The summed E-state index contributed by atoms with van der Waals surface area (Å²) in [5.74, 6) is 1.63. The van der Waals surface area contributed by atoms with Gasteiger partial charge in [0.2, 0.25) is 6.33 Å². The molecular weight excluding hydrogens is 631 g/mol. The lowest BCUT2D eigenvalue weighted by Crippen LogP contribution is -2.47. The number of H-pyrrole nitrogens is 1. The van der Waals surface area contributed by atoms with Crippen LogP contribution in [-0.2, 0) is 29.5 Å². The molecule has 0 saturated carbocycles. The highest BCUT2D eigenvalue weighted by molar-refractivity contribution is 8.29. The molecule has 40 heavy (non-hydrogen) atoms. The number of imidazole rings is 1. The number of aromatic nitrogens is 2. The number of nitrogens with one attached hydrogen (secondary N) is 1. The van der Waals surface area contributed by atoms with E-state index in [2.05, 4.69) is 49.8 Å². The van der Waals surface area contributed by atoms with Crippen molar-refractivity contribution in [2.24, 2.45) is 11.8 Å². The minimum atomic E-state index is -8.02. The second-order valence-corrected chi connectivity index (χ2v) is 15.2. The Morgan fingerprint density at radius 2 is 1.15 bits per heavy atom. The first-order valence-corrected chi connectivity index (χ1v) is 16.1. The fourth-order valence-electron chi connectivity index (χ4n) is 3.63. The van der Waals surface area contributed by atoms with E-state index in [1.54, 1.807) is 0 Å². The van der Waals surface area contributed by atoms with Gasteiger partial charge < -0.3 is 0 Å². The number of alkyl halides is 9. The summed E-state index contributed by atoms with van der Waals surface area (Å²) in [6.07, 6.45) is 14.4. The summed E-state index contributed by atoms with van der Waals surface area (Å²) in [4.78, 5) is 3.15. The molecule has 0 aliphatic rings. The molecule has 3 unspecified atom stereocenters. The number of nitrogens with zero attached hydrogens (tertiary/aromatic N) is 1. The third-order valence-electron chi connectivity index (χ3n) is 5.95. The van der Waals surface area contributed by atoms with Gasteiger partial charge in [-0.25, -0.2) is 4.57 Å². The van der Waals surface area contributed by atoms with Crippen LogP contribution in [0.5, 0.6) is 0 Å². The van der Waals surface area contributed by atoms with Gasteiger partial charge in [-0.3, -0.25) is 30.2 Å². The summed E-state index contributed by atoms with van der Waals surface area (Å²) in [5, 5.41) is 0. The molecule has 0 amide bonds. The van der Waals surface area contributed by atoms with E-state index < -0.39 is 50.0 Å². The standard InChI is InChI=1S/C16H30N2.C4F9O6S3/c1-5-7-8-10-16(9-6-2)14(3)15(4)18-12-11-17-13-18;5-2(6,7)20(14,15)1(21(16,17)3(8,9)10)22(18,19)4(11,12)13/h11-16H,5-10H2,1-4H3;/q;-1/p+1. The number of hydrogen-bond donors (Lipinski definition) is 1. The first kappa shape index (κ1) is 38.4. The van der Waals surface area contributed by atoms with Crippen molar-refractivity contribution in [3.05, 3.63) is 22.6 Å². The molecule has 0 aliphatic carbocycles. The van der Waals surface area contributed by atoms with Crippen LogP contribution in [0.15, 0.2) is 18.7 Å². The van der Waals surface area contributed by atoms with Crippen molar-refractivity contribution in [1.29, 1.82) is 0 Å². The van der Waals surface area contributed by atoms with Gasteiger partial charge in [-0.15, -0.1) is 0 Å². The number of sulfone groups is 3. The highest BCUT2D eigenvalue weighted by Crippen LogP contribution is 2.47. The van der Waals surface area contributed by atoms with Gasteiger partial charge in [0.05, 0.1) is 3.91 Å². The first-order chi connectivity index (χ1) is 17.8. The minimum absolute atomic E-state index is 0.592. The molecule has 1 rings (SSSR count). The molecule has 0 aliphatic heterocycles. The lowest BCUT2D eigenvalue weighted by atomic mass is 9.81. The summed E-state index contributed by atoms with van der Waals surface area (Å²) in [7, 11) is -24.1. The van der Waals surface area contributed by atoms with Crippen LogP contribution in [0.1, 0.15) is 72.3 Å². The maximum Gasteiger partial charge on any atom is 0.470 e. The molecule has 0 fully saturated rings. The molecule has 238 valence electrons. The van der Waals surface area contributed by atoms with Gasteiger partial charge in [0, 0.05) is 0 Å². The fraction of sp³-hybridized carbons (Fsp3) is 0.800. The maximum atomic E-state index is 12.0. The minimum Gasteiger partial charge on any atom is -0.251 e. The Morgan fingerprint density at radius 3 is 1.45 bits per heavy atom. The van der Waals surface area contributed by atoms with E-state index in [9.17, 15) is 64.8 Å². The first-order valence-electron chi connectivity index (χ1n) is 11.7. The third-order valence-corrected chi connectivity index (χ3v) is 13.0. The molecule has 3 atom stereocenters. The Morgan fingerprint density at radius 1 is 0.725 bits per heavy atom. The van der Waals surface area contributed by atoms with Gasteiger partial charge >= 0.3 is 16.5 Å². The van der Waals surface area contributed by atoms with Gasteiger partial charge in [-0.2, -0.15) is 39.5 Å². The van der Waals surface area contributed by atoms with Crippen LogP contribution < -0.4 is 4.57 Å². The summed E-state index contributed by atoms with van der Waals surface area (Å²) in [6.45, 7) is 9.38. The Balaban J connectivity index is 0.000000774. The number of unbranched alkanes of at least 4 members (excludes halogenated alkanes) is 2. The smallest absolute Gasteiger partial charge is 0.251 e. The third kappa shape index (κ3) is 9.22. The van der Waals surface area contributed by atoms with Crippen molar-refractivity contribution in [1.82, 2.24) is 4.98 Å². The van der Waals surface area contributed by atoms with E-state index >= 15 is 0 Å². The molecule has 1 aromatic heterocycles. The average molecular weight is 663 g/mol. The van der Waals surface area contributed by atoms with Crippen molar-refractivity contribution < 1.29 is 69.3 Å². The van der Waals surface area contributed by atoms with Crippen LogP contribution in [0.4, 0.5) is 39.5 Å². The zero-order chi connectivity index (χ0) is 32.0. The van der Waals surface area contributed by atoms with Gasteiger partial charge in [0.1, 0.15) is 18.4 Å². The van der Waals surface area contributed by atoms with Crippen LogP contribution in [-0.4, -0.2) is 46.8 Å². The van der Waals surface area contributed by atoms with Crippen LogP contribution in [0.2, 0.25) is 0 Å². The zero-order valence-electron chi connectivity index (χ0n) is 21.7. The van der Waals surface area contributed by atoms with E-state index in [-0.39, 0.29) is 0 Å². The Bertz CT molecular complexity index is 1120. The molecule has 0 radical (unpaired) electrons. The number of rotatable bonds is 12. The average Bonchev–Trinajstić information content (AvgIpc) is 3.30. The number of hydrogen-bond acceptors (Lipinski definition) is 6. The van der Waals surface area contributed by atoms with E-state index in [1.165, 1.54) is 38.5 Å². The topological polar surface area (TPSA) is 122 Å². The van der Waals surface area contributed by atoms with Gasteiger partial charge in [0.15, 0.2) is 29.5 Å². The van der Waals surface area contributed by atoms with Gasteiger partial charge in [-0.1, -0.05) is 59.3 Å². The molecule has 1 aromatic rings.